The molecule has 80 valence electrons. The fourth-order valence-corrected chi connectivity index (χ4v) is 2.02. The van der Waals surface area contributed by atoms with Gasteiger partial charge in [-0.2, -0.15) is 0 Å². The minimum absolute atomic E-state index is 0.0531. The predicted molar refractivity (Wildman–Crippen MR) is 50.5 cm³/mol. The summed E-state index contributed by atoms with van der Waals surface area (Å²) < 4.78 is 22.2. The molecule has 0 aromatic rings. The summed E-state index contributed by atoms with van der Waals surface area (Å²) in [4.78, 5) is 23.2. The van der Waals surface area contributed by atoms with Crippen molar-refractivity contribution in [3.63, 3.8) is 0 Å². The second-order valence-electron chi connectivity index (χ2n) is 3.27. The van der Waals surface area contributed by atoms with Gasteiger partial charge in [-0.05, 0) is 0 Å². The molecule has 1 heterocycles. The SMILES string of the molecule is CCS(=O)(=O)CCN1CC(=O)CC1=O. The molecule has 1 saturated heterocycles. The third-order valence-electron chi connectivity index (χ3n) is 2.18. The van der Waals surface area contributed by atoms with E-state index in [1.54, 1.807) is 6.92 Å². The molecule has 1 rings (SSSR count). The van der Waals surface area contributed by atoms with Gasteiger partial charge < -0.3 is 4.90 Å². The second-order valence-corrected chi connectivity index (χ2v) is 5.74. The molecule has 0 aromatic heterocycles. The lowest BCUT2D eigenvalue weighted by molar-refractivity contribution is -0.127. The van der Waals surface area contributed by atoms with Crippen LogP contribution in [0.5, 0.6) is 0 Å². The van der Waals surface area contributed by atoms with Crippen LogP contribution < -0.4 is 0 Å². The molecule has 0 aromatic carbocycles. The number of hydrogen-bond donors (Lipinski definition) is 0. The first-order chi connectivity index (χ1) is 6.44. The van der Waals surface area contributed by atoms with Crippen molar-refractivity contribution in [2.75, 3.05) is 24.6 Å². The topological polar surface area (TPSA) is 71.5 Å². The molecule has 0 atom stereocenters. The number of ketones is 1. The normalized spacial score (nSPS) is 17.9. The lowest BCUT2D eigenvalue weighted by atomic mass is 10.3. The average molecular weight is 219 g/mol. The minimum Gasteiger partial charge on any atom is -0.334 e. The van der Waals surface area contributed by atoms with Crippen molar-refractivity contribution in [2.24, 2.45) is 0 Å². The molecule has 0 N–H and O–H groups in total. The second kappa shape index (κ2) is 4.08. The van der Waals surface area contributed by atoms with Crippen molar-refractivity contribution in [3.05, 3.63) is 0 Å². The van der Waals surface area contributed by atoms with E-state index in [1.807, 2.05) is 0 Å². The van der Waals surface area contributed by atoms with Crippen molar-refractivity contribution < 1.29 is 18.0 Å². The first-order valence-corrected chi connectivity index (χ1v) is 6.26. The molecule has 1 amide bonds. The molecule has 0 bridgehead atoms. The molecule has 0 unspecified atom stereocenters. The summed E-state index contributed by atoms with van der Waals surface area (Å²) in [6, 6.07) is 0. The molecule has 1 aliphatic rings. The summed E-state index contributed by atoms with van der Waals surface area (Å²) in [6.07, 6.45) is -0.0772. The van der Waals surface area contributed by atoms with Gasteiger partial charge in [0.15, 0.2) is 15.6 Å². The van der Waals surface area contributed by atoms with Gasteiger partial charge in [-0.25, -0.2) is 8.42 Å². The third kappa shape index (κ3) is 2.80. The van der Waals surface area contributed by atoms with Crippen LogP contribution in [0.1, 0.15) is 13.3 Å². The zero-order chi connectivity index (χ0) is 10.8. The molecule has 0 radical (unpaired) electrons. The van der Waals surface area contributed by atoms with Crippen molar-refractivity contribution in [1.29, 1.82) is 0 Å². The highest BCUT2D eigenvalue weighted by Crippen LogP contribution is 2.06. The van der Waals surface area contributed by atoms with E-state index < -0.39 is 9.84 Å². The largest absolute Gasteiger partial charge is 0.334 e. The van der Waals surface area contributed by atoms with Gasteiger partial charge in [-0.15, -0.1) is 0 Å². The zero-order valence-electron chi connectivity index (χ0n) is 8.02. The van der Waals surface area contributed by atoms with Gasteiger partial charge in [0, 0.05) is 12.3 Å². The number of Topliss-reactive ketones (excluding diaryl/α,β-unsaturated/α-hetero) is 1. The standard InChI is InChI=1S/C8H13NO4S/c1-2-14(12,13)4-3-9-6-7(10)5-8(9)11/h2-6H2,1H3. The number of carbonyl (C=O) groups excluding carboxylic acids is 2. The van der Waals surface area contributed by atoms with Gasteiger partial charge in [0.25, 0.3) is 0 Å². The summed E-state index contributed by atoms with van der Waals surface area (Å²) >= 11 is 0. The van der Waals surface area contributed by atoms with E-state index in [0.717, 1.165) is 0 Å². The molecule has 0 aliphatic carbocycles. The van der Waals surface area contributed by atoms with Gasteiger partial charge in [0.1, 0.15) is 0 Å². The summed E-state index contributed by atoms with van der Waals surface area (Å²) in [6.45, 7) is 1.77. The Morgan fingerprint density at radius 3 is 2.43 bits per heavy atom. The maximum Gasteiger partial charge on any atom is 0.230 e. The van der Waals surface area contributed by atoms with Crippen LogP contribution in [0.2, 0.25) is 0 Å². The smallest absolute Gasteiger partial charge is 0.230 e. The van der Waals surface area contributed by atoms with E-state index in [-0.39, 0.29) is 42.7 Å². The number of amides is 1. The van der Waals surface area contributed by atoms with Crippen LogP contribution in [0.4, 0.5) is 0 Å². The van der Waals surface area contributed by atoms with Crippen LogP contribution in [-0.4, -0.2) is 49.6 Å². The molecular weight excluding hydrogens is 206 g/mol. The Labute approximate surface area is 83.0 Å². The Morgan fingerprint density at radius 1 is 1.36 bits per heavy atom. The zero-order valence-corrected chi connectivity index (χ0v) is 8.84. The van der Waals surface area contributed by atoms with Crippen LogP contribution in [0.25, 0.3) is 0 Å². The number of sulfone groups is 1. The molecule has 14 heavy (non-hydrogen) atoms. The Bertz CT molecular complexity index is 346. The van der Waals surface area contributed by atoms with Crippen LogP contribution in [-0.2, 0) is 19.4 Å². The fourth-order valence-electron chi connectivity index (χ4n) is 1.23. The quantitative estimate of drug-likeness (QED) is 0.582. The van der Waals surface area contributed by atoms with E-state index >= 15 is 0 Å². The van der Waals surface area contributed by atoms with Gasteiger partial charge in [-0.1, -0.05) is 6.92 Å². The Balaban J connectivity index is 2.47. The first kappa shape index (κ1) is 11.2. The summed E-state index contributed by atoms with van der Waals surface area (Å²) in [5.74, 6) is -0.379. The van der Waals surface area contributed by atoms with Gasteiger partial charge >= 0.3 is 0 Å². The lowest BCUT2D eigenvalue weighted by Gasteiger charge is -2.13. The van der Waals surface area contributed by atoms with Crippen molar-refractivity contribution >= 4 is 21.5 Å². The summed E-state index contributed by atoms with van der Waals surface area (Å²) in [5, 5.41) is 0. The number of nitrogens with zero attached hydrogens (tertiary/aromatic N) is 1. The van der Waals surface area contributed by atoms with Crippen LogP contribution >= 0.6 is 0 Å². The van der Waals surface area contributed by atoms with E-state index in [2.05, 4.69) is 0 Å². The Kier molecular flexibility index (Phi) is 3.25. The highest BCUT2D eigenvalue weighted by molar-refractivity contribution is 7.91. The number of hydrogen-bond acceptors (Lipinski definition) is 4. The Morgan fingerprint density at radius 2 is 2.00 bits per heavy atom. The van der Waals surface area contributed by atoms with Crippen LogP contribution in [0.3, 0.4) is 0 Å². The summed E-state index contributed by atoms with van der Waals surface area (Å²) in [5.41, 5.74) is 0. The number of rotatable bonds is 4. The molecule has 6 heteroatoms. The maximum absolute atomic E-state index is 11.1. The van der Waals surface area contributed by atoms with Crippen molar-refractivity contribution in [3.8, 4) is 0 Å². The van der Waals surface area contributed by atoms with E-state index in [9.17, 15) is 18.0 Å². The monoisotopic (exact) mass is 219 g/mol. The molecule has 0 spiro atoms. The third-order valence-corrected chi connectivity index (χ3v) is 3.86. The predicted octanol–water partition coefficient (Wildman–Crippen LogP) is -0.777. The number of carbonyl (C=O) groups is 2. The maximum atomic E-state index is 11.1. The molecule has 5 nitrogen and oxygen atoms in total. The van der Waals surface area contributed by atoms with Crippen molar-refractivity contribution in [2.45, 2.75) is 13.3 Å². The van der Waals surface area contributed by atoms with E-state index in [4.69, 9.17) is 0 Å². The molecule has 1 fully saturated rings. The molecular formula is C8H13NO4S. The van der Waals surface area contributed by atoms with Gasteiger partial charge in [-0.3, -0.25) is 9.59 Å². The lowest BCUT2D eigenvalue weighted by Crippen LogP contribution is -2.31. The highest BCUT2D eigenvalue weighted by Gasteiger charge is 2.27. The fraction of sp³-hybridized carbons (Fsp3) is 0.750. The van der Waals surface area contributed by atoms with E-state index in [1.165, 1.54) is 4.90 Å². The average Bonchev–Trinajstić information content (AvgIpc) is 2.42. The molecule has 0 saturated carbocycles. The van der Waals surface area contributed by atoms with Gasteiger partial charge in [0.05, 0.1) is 18.7 Å². The number of likely N-dealkylation sites (tertiary alicyclic amines) is 1. The summed E-state index contributed by atoms with van der Waals surface area (Å²) in [7, 11) is -3.05. The molecule has 1 aliphatic heterocycles. The van der Waals surface area contributed by atoms with Gasteiger partial charge in [0.2, 0.25) is 5.91 Å². The first-order valence-electron chi connectivity index (χ1n) is 4.44. The Hall–Kier alpha value is -0.910. The van der Waals surface area contributed by atoms with Crippen molar-refractivity contribution in [1.82, 2.24) is 4.90 Å². The van der Waals surface area contributed by atoms with E-state index in [0.29, 0.717) is 0 Å². The highest BCUT2D eigenvalue weighted by atomic mass is 32.2. The van der Waals surface area contributed by atoms with Crippen LogP contribution in [0, 0.1) is 0 Å². The minimum atomic E-state index is -3.05. The van der Waals surface area contributed by atoms with Crippen LogP contribution in [0.15, 0.2) is 0 Å².